The van der Waals surface area contributed by atoms with Crippen LogP contribution in [0.1, 0.15) is 5.56 Å². The number of ether oxygens (including phenoxy) is 1. The maximum atomic E-state index is 12.7. The summed E-state index contributed by atoms with van der Waals surface area (Å²) in [6.45, 7) is 3.24. The molecule has 1 amide bonds. The molecule has 6 nitrogen and oxygen atoms in total. The van der Waals surface area contributed by atoms with Crippen LogP contribution in [0.25, 0.3) is 6.08 Å². The lowest BCUT2D eigenvalue weighted by Gasteiger charge is -2.28. The third-order valence-electron chi connectivity index (χ3n) is 4.80. The number of thioether (sulfide) groups is 1. The van der Waals surface area contributed by atoms with E-state index >= 15 is 0 Å². The summed E-state index contributed by atoms with van der Waals surface area (Å²) in [6, 6.07) is 11.3. The van der Waals surface area contributed by atoms with Gasteiger partial charge in [-0.25, -0.2) is 4.99 Å². The van der Waals surface area contributed by atoms with Crippen molar-refractivity contribution >= 4 is 74.5 Å². The summed E-state index contributed by atoms with van der Waals surface area (Å²) in [7, 11) is 1.69. The fourth-order valence-electron chi connectivity index (χ4n) is 3.16. The van der Waals surface area contributed by atoms with Crippen LogP contribution in [-0.4, -0.2) is 54.4 Å². The lowest BCUT2D eigenvalue weighted by Crippen LogP contribution is -2.36. The van der Waals surface area contributed by atoms with E-state index in [0.29, 0.717) is 24.2 Å². The molecule has 0 saturated carbocycles. The number of amides is 1. The number of anilines is 1. The molecule has 156 valence electrons. The Hall–Kier alpha value is -1.75. The van der Waals surface area contributed by atoms with Crippen LogP contribution in [0, 0.1) is 3.57 Å². The number of likely N-dealkylation sites (N-methyl/N-ethyl adjacent to an activating group) is 1. The monoisotopic (exact) mass is 555 g/mol. The normalized spacial score (nSPS) is 19.9. The number of phenolic OH excluding ortho intramolecular Hbond substituents is 1. The number of phenols is 1. The van der Waals surface area contributed by atoms with Gasteiger partial charge in [-0.1, -0.05) is 11.6 Å². The van der Waals surface area contributed by atoms with Crippen molar-refractivity contribution in [1.29, 1.82) is 0 Å². The van der Waals surface area contributed by atoms with Crippen molar-refractivity contribution in [2.75, 3.05) is 38.3 Å². The highest BCUT2D eigenvalue weighted by Gasteiger charge is 2.30. The molecule has 2 aromatic carbocycles. The second-order valence-electron chi connectivity index (χ2n) is 6.81. The summed E-state index contributed by atoms with van der Waals surface area (Å²) in [5.41, 5.74) is 2.42. The fraction of sp³-hybridized carbons (Fsp3) is 0.238. The molecule has 2 saturated heterocycles. The minimum absolute atomic E-state index is 0.104. The van der Waals surface area contributed by atoms with Gasteiger partial charge in [-0.3, -0.25) is 9.69 Å². The first-order valence-corrected chi connectivity index (χ1v) is 11.6. The molecule has 4 rings (SSSR count). The van der Waals surface area contributed by atoms with E-state index in [4.69, 9.17) is 16.3 Å². The number of hydrogen-bond acceptors (Lipinski definition) is 6. The molecule has 0 spiro atoms. The molecular formula is C21H19ClIN3O3S. The van der Waals surface area contributed by atoms with Crippen molar-refractivity contribution in [3.63, 3.8) is 0 Å². The number of carbonyl (C=O) groups is 1. The molecule has 0 radical (unpaired) electrons. The Balaban J connectivity index is 1.56. The number of benzene rings is 2. The van der Waals surface area contributed by atoms with E-state index in [1.165, 1.54) is 16.7 Å². The lowest BCUT2D eigenvalue weighted by atomic mass is 10.2. The van der Waals surface area contributed by atoms with Crippen LogP contribution >= 0.6 is 46.0 Å². The molecule has 0 aliphatic carbocycles. The highest BCUT2D eigenvalue weighted by molar-refractivity contribution is 14.1. The van der Waals surface area contributed by atoms with Gasteiger partial charge in [0, 0.05) is 36.4 Å². The minimum Gasteiger partial charge on any atom is -0.506 e. The summed E-state index contributed by atoms with van der Waals surface area (Å²) >= 11 is 9.38. The number of rotatable bonds is 3. The maximum Gasteiger partial charge on any atom is 0.266 e. The van der Waals surface area contributed by atoms with Crippen LogP contribution in [0.3, 0.4) is 0 Å². The second kappa shape index (κ2) is 9.17. The molecule has 30 heavy (non-hydrogen) atoms. The lowest BCUT2D eigenvalue weighted by molar-refractivity contribution is -0.121. The van der Waals surface area contributed by atoms with Gasteiger partial charge in [-0.05, 0) is 76.8 Å². The van der Waals surface area contributed by atoms with E-state index < -0.39 is 0 Å². The molecule has 1 N–H and O–H groups in total. The van der Waals surface area contributed by atoms with Gasteiger partial charge >= 0.3 is 0 Å². The van der Waals surface area contributed by atoms with Gasteiger partial charge in [0.1, 0.15) is 5.75 Å². The Bertz CT molecular complexity index is 1040. The summed E-state index contributed by atoms with van der Waals surface area (Å²) in [6.07, 6.45) is 1.65. The van der Waals surface area contributed by atoms with Gasteiger partial charge in [-0.2, -0.15) is 0 Å². The first-order valence-electron chi connectivity index (χ1n) is 9.29. The predicted octanol–water partition coefficient (Wildman–Crippen LogP) is 4.72. The van der Waals surface area contributed by atoms with Crippen molar-refractivity contribution in [2.24, 2.45) is 4.99 Å². The topological polar surface area (TPSA) is 65.4 Å². The fourth-order valence-corrected chi connectivity index (χ4v) is 5.19. The molecule has 2 aliphatic rings. The average Bonchev–Trinajstić information content (AvgIpc) is 3.00. The molecule has 2 fully saturated rings. The van der Waals surface area contributed by atoms with E-state index in [-0.39, 0.29) is 11.7 Å². The molecule has 9 heteroatoms. The molecule has 2 heterocycles. The van der Waals surface area contributed by atoms with Crippen LogP contribution in [0.5, 0.6) is 5.75 Å². The molecule has 0 unspecified atom stereocenters. The number of morpholine rings is 1. The third-order valence-corrected chi connectivity index (χ3v) is 6.90. The van der Waals surface area contributed by atoms with Crippen LogP contribution in [0.4, 0.5) is 11.4 Å². The Morgan fingerprint density at radius 3 is 2.63 bits per heavy atom. The van der Waals surface area contributed by atoms with Gasteiger partial charge < -0.3 is 14.7 Å². The Morgan fingerprint density at radius 2 is 1.93 bits per heavy atom. The Kier molecular flexibility index (Phi) is 6.57. The number of amidine groups is 1. The van der Waals surface area contributed by atoms with Gasteiger partial charge in [0.25, 0.3) is 5.91 Å². The van der Waals surface area contributed by atoms with Gasteiger partial charge in [-0.15, -0.1) is 0 Å². The van der Waals surface area contributed by atoms with Crippen molar-refractivity contribution in [2.45, 2.75) is 0 Å². The van der Waals surface area contributed by atoms with Crippen LogP contribution < -0.4 is 4.90 Å². The number of aliphatic imine (C=N–C) groups is 1. The summed E-state index contributed by atoms with van der Waals surface area (Å²) in [5, 5.41) is 11.4. The van der Waals surface area contributed by atoms with Gasteiger partial charge in [0.15, 0.2) is 5.17 Å². The quantitative estimate of drug-likeness (QED) is 0.439. The van der Waals surface area contributed by atoms with Crippen LogP contribution in [0.2, 0.25) is 5.02 Å². The molecule has 2 aromatic rings. The van der Waals surface area contributed by atoms with Gasteiger partial charge in [0.05, 0.1) is 27.4 Å². The SMILES string of the molecule is CN1C(=O)/C(=C/c2cc(Cl)cc(I)c2O)SC1=Nc1ccc(N2CCOCC2)cc1. The zero-order valence-electron chi connectivity index (χ0n) is 16.1. The summed E-state index contributed by atoms with van der Waals surface area (Å²) in [5.74, 6) is -0.0642. The zero-order valence-corrected chi connectivity index (χ0v) is 19.9. The van der Waals surface area contributed by atoms with Crippen molar-refractivity contribution < 1.29 is 14.6 Å². The van der Waals surface area contributed by atoms with Crippen LogP contribution in [-0.2, 0) is 9.53 Å². The standard InChI is InChI=1S/C21H19ClIN3O3S/c1-25-20(28)18(11-13-10-14(22)12-17(23)19(13)27)30-21(25)24-15-2-4-16(5-3-15)26-6-8-29-9-7-26/h2-5,10-12,27H,6-9H2,1H3/b18-11-,24-21?. The molecule has 0 atom stereocenters. The van der Waals surface area contributed by atoms with E-state index in [1.54, 1.807) is 25.3 Å². The van der Waals surface area contributed by atoms with Crippen molar-refractivity contribution in [3.8, 4) is 5.75 Å². The van der Waals surface area contributed by atoms with E-state index in [1.807, 2.05) is 46.9 Å². The maximum absolute atomic E-state index is 12.7. The zero-order chi connectivity index (χ0) is 21.3. The number of nitrogens with zero attached hydrogens (tertiary/aromatic N) is 3. The van der Waals surface area contributed by atoms with E-state index in [9.17, 15) is 9.90 Å². The molecule has 2 aliphatic heterocycles. The van der Waals surface area contributed by atoms with E-state index in [2.05, 4.69) is 9.89 Å². The summed E-state index contributed by atoms with van der Waals surface area (Å²) in [4.78, 5) is 21.6. The highest BCUT2D eigenvalue weighted by Crippen LogP contribution is 2.36. The predicted molar refractivity (Wildman–Crippen MR) is 131 cm³/mol. The minimum atomic E-state index is -0.168. The van der Waals surface area contributed by atoms with Gasteiger partial charge in [0.2, 0.25) is 0 Å². The molecule has 0 aromatic heterocycles. The van der Waals surface area contributed by atoms with Crippen molar-refractivity contribution in [1.82, 2.24) is 4.90 Å². The van der Waals surface area contributed by atoms with E-state index in [0.717, 1.165) is 37.7 Å². The molecular weight excluding hydrogens is 537 g/mol. The number of halogens is 2. The summed E-state index contributed by atoms with van der Waals surface area (Å²) < 4.78 is 6.03. The number of carbonyl (C=O) groups excluding carboxylic acids is 1. The first-order chi connectivity index (χ1) is 14.4. The smallest absolute Gasteiger partial charge is 0.266 e. The average molecular weight is 556 g/mol. The number of aromatic hydroxyl groups is 1. The Labute approximate surface area is 197 Å². The number of hydrogen-bond donors (Lipinski definition) is 1. The van der Waals surface area contributed by atoms with Crippen molar-refractivity contribution in [3.05, 3.63) is 55.5 Å². The highest BCUT2D eigenvalue weighted by atomic mass is 127. The largest absolute Gasteiger partial charge is 0.506 e. The Morgan fingerprint density at radius 1 is 1.23 bits per heavy atom. The first kappa shape index (κ1) is 21.5. The third kappa shape index (κ3) is 4.61. The second-order valence-corrected chi connectivity index (χ2v) is 9.42. The van der Waals surface area contributed by atoms with Crippen LogP contribution in [0.15, 0.2) is 46.3 Å². The molecule has 0 bridgehead atoms.